The SMILES string of the molecule is CCNCC(C)(C)c1ccc(OC)c(CC)c1. The van der Waals surface area contributed by atoms with Gasteiger partial charge in [-0.1, -0.05) is 39.8 Å². The number of benzene rings is 1. The van der Waals surface area contributed by atoms with E-state index in [0.717, 1.165) is 25.3 Å². The van der Waals surface area contributed by atoms with Gasteiger partial charge in [-0.15, -0.1) is 0 Å². The van der Waals surface area contributed by atoms with Gasteiger partial charge in [0.2, 0.25) is 0 Å². The predicted molar refractivity (Wildman–Crippen MR) is 73.9 cm³/mol. The molecule has 0 heterocycles. The molecule has 0 spiro atoms. The molecular weight excluding hydrogens is 210 g/mol. The van der Waals surface area contributed by atoms with Gasteiger partial charge in [0.15, 0.2) is 0 Å². The van der Waals surface area contributed by atoms with Crippen molar-refractivity contribution in [3.8, 4) is 5.75 Å². The Bertz CT molecular complexity index is 358. The van der Waals surface area contributed by atoms with Crippen molar-refractivity contribution in [2.24, 2.45) is 0 Å². The fraction of sp³-hybridized carbons (Fsp3) is 0.600. The van der Waals surface area contributed by atoms with E-state index in [-0.39, 0.29) is 5.41 Å². The number of hydrogen-bond donors (Lipinski definition) is 1. The van der Waals surface area contributed by atoms with E-state index in [4.69, 9.17) is 4.74 Å². The number of ether oxygens (including phenoxy) is 1. The van der Waals surface area contributed by atoms with Gasteiger partial charge in [-0.25, -0.2) is 0 Å². The van der Waals surface area contributed by atoms with Crippen LogP contribution in [-0.2, 0) is 11.8 Å². The number of rotatable bonds is 6. The van der Waals surface area contributed by atoms with Crippen molar-refractivity contribution in [2.75, 3.05) is 20.2 Å². The lowest BCUT2D eigenvalue weighted by Crippen LogP contribution is -2.32. The van der Waals surface area contributed by atoms with Gasteiger partial charge in [-0.05, 0) is 30.2 Å². The third kappa shape index (κ3) is 3.47. The summed E-state index contributed by atoms with van der Waals surface area (Å²) in [7, 11) is 1.73. The van der Waals surface area contributed by atoms with Gasteiger partial charge in [0.05, 0.1) is 7.11 Å². The summed E-state index contributed by atoms with van der Waals surface area (Å²) >= 11 is 0. The molecule has 0 aromatic heterocycles. The van der Waals surface area contributed by atoms with Crippen LogP contribution in [0.5, 0.6) is 5.75 Å². The fourth-order valence-corrected chi connectivity index (χ4v) is 2.02. The van der Waals surface area contributed by atoms with E-state index in [2.05, 4.69) is 51.2 Å². The van der Waals surface area contributed by atoms with Crippen molar-refractivity contribution < 1.29 is 4.74 Å². The molecule has 0 aliphatic heterocycles. The maximum Gasteiger partial charge on any atom is 0.122 e. The van der Waals surface area contributed by atoms with Gasteiger partial charge in [-0.3, -0.25) is 0 Å². The maximum atomic E-state index is 5.37. The summed E-state index contributed by atoms with van der Waals surface area (Å²) in [5.74, 6) is 0.996. The molecule has 0 radical (unpaired) electrons. The number of methoxy groups -OCH3 is 1. The van der Waals surface area contributed by atoms with Crippen LogP contribution in [0.2, 0.25) is 0 Å². The average molecular weight is 235 g/mol. The molecule has 1 aromatic rings. The van der Waals surface area contributed by atoms with E-state index < -0.39 is 0 Å². The van der Waals surface area contributed by atoms with Gasteiger partial charge in [0, 0.05) is 12.0 Å². The van der Waals surface area contributed by atoms with Gasteiger partial charge < -0.3 is 10.1 Å². The van der Waals surface area contributed by atoms with E-state index in [9.17, 15) is 0 Å². The summed E-state index contributed by atoms with van der Waals surface area (Å²) in [4.78, 5) is 0. The number of likely N-dealkylation sites (N-methyl/N-ethyl adjacent to an activating group) is 1. The van der Waals surface area contributed by atoms with Crippen molar-refractivity contribution in [2.45, 2.75) is 39.5 Å². The van der Waals surface area contributed by atoms with Crippen molar-refractivity contribution in [1.82, 2.24) is 5.32 Å². The van der Waals surface area contributed by atoms with Crippen molar-refractivity contribution in [1.29, 1.82) is 0 Å². The lowest BCUT2D eigenvalue weighted by atomic mass is 9.83. The monoisotopic (exact) mass is 235 g/mol. The minimum absolute atomic E-state index is 0.159. The number of nitrogens with one attached hydrogen (secondary N) is 1. The number of aryl methyl sites for hydroxylation is 1. The Morgan fingerprint density at radius 1 is 1.24 bits per heavy atom. The third-order valence-corrected chi connectivity index (χ3v) is 3.26. The minimum atomic E-state index is 0.159. The van der Waals surface area contributed by atoms with Crippen LogP contribution in [0.25, 0.3) is 0 Å². The second kappa shape index (κ2) is 6.06. The molecule has 0 aliphatic rings. The summed E-state index contributed by atoms with van der Waals surface area (Å²) in [6.45, 7) is 10.9. The average Bonchev–Trinajstić information content (AvgIpc) is 2.35. The van der Waals surface area contributed by atoms with Gasteiger partial charge >= 0.3 is 0 Å². The number of hydrogen-bond acceptors (Lipinski definition) is 2. The summed E-state index contributed by atoms with van der Waals surface area (Å²) in [6, 6.07) is 6.54. The maximum absolute atomic E-state index is 5.37. The molecule has 0 aliphatic carbocycles. The highest BCUT2D eigenvalue weighted by Crippen LogP contribution is 2.28. The van der Waals surface area contributed by atoms with Gasteiger partial charge in [0.25, 0.3) is 0 Å². The highest BCUT2D eigenvalue weighted by Gasteiger charge is 2.20. The van der Waals surface area contributed by atoms with Crippen LogP contribution < -0.4 is 10.1 Å². The molecule has 1 N–H and O–H groups in total. The summed E-state index contributed by atoms with van der Waals surface area (Å²) in [5, 5.41) is 3.42. The molecule has 96 valence electrons. The van der Waals surface area contributed by atoms with E-state index in [1.54, 1.807) is 7.11 Å². The largest absolute Gasteiger partial charge is 0.496 e. The fourth-order valence-electron chi connectivity index (χ4n) is 2.02. The molecule has 1 rings (SSSR count). The standard InChI is InChI=1S/C15H25NO/c1-6-12-10-13(8-9-14(12)17-5)15(3,4)11-16-7-2/h8-10,16H,6-7,11H2,1-5H3. The van der Waals surface area contributed by atoms with Crippen LogP contribution in [0.1, 0.15) is 38.8 Å². The zero-order valence-corrected chi connectivity index (χ0v) is 11.8. The highest BCUT2D eigenvalue weighted by atomic mass is 16.5. The normalized spacial score (nSPS) is 11.6. The van der Waals surface area contributed by atoms with Gasteiger partial charge in [0.1, 0.15) is 5.75 Å². The molecule has 0 saturated carbocycles. The predicted octanol–water partition coefficient (Wildman–Crippen LogP) is 3.14. The van der Waals surface area contributed by atoms with Crippen LogP contribution in [0, 0.1) is 0 Å². The summed E-state index contributed by atoms with van der Waals surface area (Å²) in [5.41, 5.74) is 2.82. The Kier molecular flexibility index (Phi) is 5.01. The summed E-state index contributed by atoms with van der Waals surface area (Å²) in [6.07, 6.45) is 1.01. The Morgan fingerprint density at radius 3 is 2.47 bits per heavy atom. The Hall–Kier alpha value is -1.02. The minimum Gasteiger partial charge on any atom is -0.496 e. The summed E-state index contributed by atoms with van der Waals surface area (Å²) < 4.78 is 5.37. The van der Waals surface area contributed by atoms with Crippen LogP contribution in [0.4, 0.5) is 0 Å². The van der Waals surface area contributed by atoms with Crippen LogP contribution in [0.15, 0.2) is 18.2 Å². The van der Waals surface area contributed by atoms with Gasteiger partial charge in [-0.2, -0.15) is 0 Å². The molecule has 2 heteroatoms. The molecular formula is C15H25NO. The van der Waals surface area contributed by atoms with E-state index in [1.165, 1.54) is 11.1 Å². The first-order chi connectivity index (χ1) is 8.05. The van der Waals surface area contributed by atoms with Crippen molar-refractivity contribution >= 4 is 0 Å². The van der Waals surface area contributed by atoms with Crippen molar-refractivity contribution in [3.05, 3.63) is 29.3 Å². The molecule has 0 fully saturated rings. The van der Waals surface area contributed by atoms with E-state index in [1.807, 2.05) is 0 Å². The van der Waals surface area contributed by atoms with E-state index in [0.29, 0.717) is 0 Å². The lowest BCUT2D eigenvalue weighted by molar-refractivity contribution is 0.408. The third-order valence-electron chi connectivity index (χ3n) is 3.26. The quantitative estimate of drug-likeness (QED) is 0.818. The molecule has 17 heavy (non-hydrogen) atoms. The Morgan fingerprint density at radius 2 is 1.94 bits per heavy atom. The molecule has 0 unspecified atom stereocenters. The smallest absolute Gasteiger partial charge is 0.122 e. The Balaban J connectivity index is 2.98. The van der Waals surface area contributed by atoms with Crippen molar-refractivity contribution in [3.63, 3.8) is 0 Å². The molecule has 1 aromatic carbocycles. The zero-order chi connectivity index (χ0) is 12.9. The molecule has 0 saturated heterocycles. The van der Waals surface area contributed by atoms with Crippen LogP contribution in [0.3, 0.4) is 0 Å². The zero-order valence-electron chi connectivity index (χ0n) is 11.8. The molecule has 0 atom stereocenters. The van der Waals surface area contributed by atoms with Crippen LogP contribution in [-0.4, -0.2) is 20.2 Å². The lowest BCUT2D eigenvalue weighted by Gasteiger charge is -2.26. The molecule has 2 nitrogen and oxygen atoms in total. The van der Waals surface area contributed by atoms with E-state index >= 15 is 0 Å². The second-order valence-corrected chi connectivity index (χ2v) is 5.04. The molecule has 0 amide bonds. The topological polar surface area (TPSA) is 21.3 Å². The first kappa shape index (κ1) is 14.0. The first-order valence-corrected chi connectivity index (χ1v) is 6.43. The highest BCUT2D eigenvalue weighted by molar-refractivity contribution is 5.40. The first-order valence-electron chi connectivity index (χ1n) is 6.43. The second-order valence-electron chi connectivity index (χ2n) is 5.04. The Labute approximate surface area is 105 Å². The van der Waals surface area contributed by atoms with Crippen LogP contribution >= 0.6 is 0 Å². The molecule has 0 bridgehead atoms.